The first kappa shape index (κ1) is 20.4. The molecule has 3 aromatic rings. The topological polar surface area (TPSA) is 75.6 Å². The third-order valence-corrected chi connectivity index (χ3v) is 5.34. The molecule has 0 atom stereocenters. The van der Waals surface area contributed by atoms with Gasteiger partial charge in [-0.15, -0.1) is 24.0 Å². The van der Waals surface area contributed by atoms with E-state index in [0.717, 1.165) is 32.1 Å². The maximum Gasteiger partial charge on any atom is 0.225 e. The average molecular weight is 491 g/mol. The van der Waals surface area contributed by atoms with E-state index in [1.165, 1.54) is 22.2 Å². The molecule has 0 unspecified atom stereocenters. The Bertz CT molecular complexity index is 920. The third kappa shape index (κ3) is 3.91. The van der Waals surface area contributed by atoms with E-state index in [0.29, 0.717) is 12.5 Å². The van der Waals surface area contributed by atoms with Crippen LogP contribution in [0.2, 0.25) is 0 Å². The second-order valence-electron chi connectivity index (χ2n) is 6.85. The highest BCUT2D eigenvalue weighted by molar-refractivity contribution is 14.0. The summed E-state index contributed by atoms with van der Waals surface area (Å²) in [5.74, 6) is 1.38. The summed E-state index contributed by atoms with van der Waals surface area (Å²) in [6, 6.07) is 10.3. The van der Waals surface area contributed by atoms with Gasteiger partial charge in [-0.05, 0) is 24.6 Å². The van der Waals surface area contributed by atoms with Gasteiger partial charge in [0.25, 0.3) is 0 Å². The first-order chi connectivity index (χ1) is 13.1. The molecule has 0 aliphatic carbocycles. The zero-order valence-corrected chi connectivity index (χ0v) is 18.6. The van der Waals surface area contributed by atoms with Gasteiger partial charge < -0.3 is 20.1 Å². The van der Waals surface area contributed by atoms with E-state index >= 15 is 0 Å². The molecule has 1 aliphatic heterocycles. The summed E-state index contributed by atoms with van der Waals surface area (Å²) in [6.45, 7) is 6.07. The molecule has 1 aliphatic rings. The quantitative estimate of drug-likeness (QED) is 0.346. The number of guanidine groups is 1. The van der Waals surface area contributed by atoms with Gasteiger partial charge in [0.05, 0.1) is 6.54 Å². The molecule has 1 saturated heterocycles. The molecular formula is C20H26IN7. The second-order valence-corrected chi connectivity index (χ2v) is 6.85. The Balaban J connectivity index is 0.00000225. The van der Waals surface area contributed by atoms with Crippen LogP contribution in [0.25, 0.3) is 10.9 Å². The number of nitrogens with two attached hydrogens (primary N) is 1. The van der Waals surface area contributed by atoms with Crippen LogP contribution in [0.3, 0.4) is 0 Å². The molecule has 0 spiro atoms. The number of aliphatic imine (C=N–C) groups is 1. The molecular weight excluding hydrogens is 465 g/mol. The Morgan fingerprint density at radius 3 is 2.43 bits per heavy atom. The van der Waals surface area contributed by atoms with E-state index in [-0.39, 0.29) is 24.0 Å². The number of hydrogen-bond donors (Lipinski definition) is 1. The summed E-state index contributed by atoms with van der Waals surface area (Å²) in [5, 5.41) is 1.28. The van der Waals surface area contributed by atoms with Crippen LogP contribution >= 0.6 is 24.0 Å². The molecule has 0 amide bonds. The molecule has 7 nitrogen and oxygen atoms in total. The van der Waals surface area contributed by atoms with E-state index in [4.69, 9.17) is 5.73 Å². The Kier molecular flexibility index (Phi) is 6.38. The number of nitrogens with zero attached hydrogens (tertiary/aromatic N) is 6. The van der Waals surface area contributed by atoms with Crippen LogP contribution in [-0.4, -0.2) is 51.6 Å². The number of aromatic nitrogens is 3. The first-order valence-corrected chi connectivity index (χ1v) is 9.25. The highest BCUT2D eigenvalue weighted by atomic mass is 127. The summed E-state index contributed by atoms with van der Waals surface area (Å²) in [4.78, 5) is 17.6. The Hall–Kier alpha value is -2.36. The smallest absolute Gasteiger partial charge is 0.225 e. The average Bonchev–Trinajstić information content (AvgIpc) is 2.97. The lowest BCUT2D eigenvalue weighted by Gasteiger charge is -2.35. The summed E-state index contributed by atoms with van der Waals surface area (Å²) >= 11 is 0. The first-order valence-electron chi connectivity index (χ1n) is 9.25. The van der Waals surface area contributed by atoms with Crippen molar-refractivity contribution < 1.29 is 0 Å². The van der Waals surface area contributed by atoms with E-state index in [1.807, 2.05) is 6.07 Å². The maximum absolute atomic E-state index is 6.29. The normalized spacial score (nSPS) is 15.0. The van der Waals surface area contributed by atoms with Crippen LogP contribution in [0.5, 0.6) is 0 Å². The van der Waals surface area contributed by atoms with Gasteiger partial charge >= 0.3 is 0 Å². The van der Waals surface area contributed by atoms with Crippen molar-refractivity contribution in [1.29, 1.82) is 0 Å². The van der Waals surface area contributed by atoms with E-state index in [1.54, 1.807) is 12.4 Å². The number of aryl methyl sites for hydroxylation is 2. The molecule has 28 heavy (non-hydrogen) atoms. The van der Waals surface area contributed by atoms with Crippen molar-refractivity contribution in [3.05, 3.63) is 54.0 Å². The molecule has 0 saturated carbocycles. The molecule has 0 bridgehead atoms. The van der Waals surface area contributed by atoms with E-state index < -0.39 is 0 Å². The number of para-hydroxylation sites is 1. The van der Waals surface area contributed by atoms with Crippen LogP contribution in [-0.2, 0) is 13.6 Å². The number of fused-ring (bicyclic) bond motifs is 1. The van der Waals surface area contributed by atoms with Gasteiger partial charge in [0, 0.05) is 62.2 Å². The molecule has 1 aromatic carbocycles. The van der Waals surface area contributed by atoms with Crippen molar-refractivity contribution in [2.45, 2.75) is 13.5 Å². The number of halogens is 1. The van der Waals surface area contributed by atoms with Crippen molar-refractivity contribution in [3.63, 3.8) is 0 Å². The van der Waals surface area contributed by atoms with Crippen LogP contribution < -0.4 is 10.6 Å². The fourth-order valence-corrected chi connectivity index (χ4v) is 3.71. The summed E-state index contributed by atoms with van der Waals surface area (Å²) in [7, 11) is 2.09. The van der Waals surface area contributed by atoms with Gasteiger partial charge in [-0.3, -0.25) is 0 Å². The number of hydrogen-bond acceptors (Lipinski definition) is 4. The predicted molar refractivity (Wildman–Crippen MR) is 124 cm³/mol. The monoisotopic (exact) mass is 491 g/mol. The molecule has 1 fully saturated rings. The van der Waals surface area contributed by atoms with Gasteiger partial charge in [-0.2, -0.15) is 0 Å². The number of piperazine rings is 1. The minimum atomic E-state index is 0. The molecule has 148 valence electrons. The van der Waals surface area contributed by atoms with Crippen molar-refractivity contribution >= 4 is 46.8 Å². The Labute approximate surface area is 182 Å². The fourth-order valence-electron chi connectivity index (χ4n) is 3.71. The number of benzene rings is 1. The Morgan fingerprint density at radius 2 is 1.75 bits per heavy atom. The number of anilines is 1. The summed E-state index contributed by atoms with van der Waals surface area (Å²) in [5.41, 5.74) is 10.0. The van der Waals surface area contributed by atoms with Gasteiger partial charge in [0.1, 0.15) is 0 Å². The van der Waals surface area contributed by atoms with Gasteiger partial charge in [0.15, 0.2) is 5.96 Å². The van der Waals surface area contributed by atoms with Crippen molar-refractivity contribution in [2.75, 3.05) is 31.1 Å². The zero-order chi connectivity index (χ0) is 18.8. The number of rotatable bonds is 3. The van der Waals surface area contributed by atoms with Crippen LogP contribution in [0.1, 0.15) is 11.3 Å². The van der Waals surface area contributed by atoms with Crippen molar-refractivity contribution in [2.24, 2.45) is 17.8 Å². The van der Waals surface area contributed by atoms with Gasteiger partial charge in [-0.25, -0.2) is 15.0 Å². The maximum atomic E-state index is 6.29. The molecule has 8 heteroatoms. The third-order valence-electron chi connectivity index (χ3n) is 5.34. The van der Waals surface area contributed by atoms with E-state index in [2.05, 4.69) is 67.6 Å². The van der Waals surface area contributed by atoms with Gasteiger partial charge in [-0.1, -0.05) is 18.2 Å². The molecule has 3 heterocycles. The standard InChI is InChI=1S/C20H25N7.HI/c1-15-16-6-3-4-7-17(16)25(2)18(15)14-24-19(21)26-10-12-27(13-11-26)20-22-8-5-9-23-20;/h3-9H,10-14H2,1-2H3,(H2,21,24);1H. The van der Waals surface area contributed by atoms with Crippen molar-refractivity contribution in [3.8, 4) is 0 Å². The highest BCUT2D eigenvalue weighted by Gasteiger charge is 2.20. The second kappa shape index (κ2) is 8.76. The lowest BCUT2D eigenvalue weighted by molar-refractivity contribution is 0.378. The van der Waals surface area contributed by atoms with Crippen LogP contribution in [0.15, 0.2) is 47.7 Å². The largest absolute Gasteiger partial charge is 0.370 e. The van der Waals surface area contributed by atoms with Crippen LogP contribution in [0.4, 0.5) is 5.95 Å². The minimum absolute atomic E-state index is 0. The zero-order valence-electron chi connectivity index (χ0n) is 16.2. The van der Waals surface area contributed by atoms with Crippen molar-refractivity contribution in [1.82, 2.24) is 19.4 Å². The SMILES string of the molecule is Cc1c(CN=C(N)N2CCN(c3ncccn3)CC2)n(C)c2ccccc12.I. The van der Waals surface area contributed by atoms with E-state index in [9.17, 15) is 0 Å². The fraction of sp³-hybridized carbons (Fsp3) is 0.350. The Morgan fingerprint density at radius 1 is 1.07 bits per heavy atom. The van der Waals surface area contributed by atoms with Gasteiger partial charge in [0.2, 0.25) is 5.95 Å². The molecule has 2 N–H and O–H groups in total. The molecule has 0 radical (unpaired) electrons. The minimum Gasteiger partial charge on any atom is -0.370 e. The molecule has 4 rings (SSSR count). The lowest BCUT2D eigenvalue weighted by Crippen LogP contribution is -2.51. The molecule has 2 aromatic heterocycles. The predicted octanol–water partition coefficient (Wildman–Crippen LogP) is 2.53. The highest BCUT2D eigenvalue weighted by Crippen LogP contribution is 2.24. The summed E-state index contributed by atoms with van der Waals surface area (Å²) < 4.78 is 2.21. The van der Waals surface area contributed by atoms with Crippen LogP contribution in [0, 0.1) is 6.92 Å². The lowest BCUT2D eigenvalue weighted by atomic mass is 10.1. The summed E-state index contributed by atoms with van der Waals surface area (Å²) in [6.07, 6.45) is 3.55.